The first-order valence-corrected chi connectivity index (χ1v) is 8.36. The minimum atomic E-state index is 0.292. The fourth-order valence-corrected chi connectivity index (χ4v) is 3.71. The molecule has 1 saturated heterocycles. The molecule has 0 aromatic rings. The van der Waals surface area contributed by atoms with E-state index in [0.29, 0.717) is 23.0 Å². The van der Waals surface area contributed by atoms with Gasteiger partial charge >= 0.3 is 0 Å². The summed E-state index contributed by atoms with van der Waals surface area (Å²) in [6, 6.07) is 0.293. The number of likely N-dealkylation sites (N-methyl/N-ethyl adjacent to an activating group) is 2. The number of carbonyl (C=O) groups excluding carboxylic acids is 1. The summed E-state index contributed by atoms with van der Waals surface area (Å²) in [5.41, 5.74) is 0. The van der Waals surface area contributed by atoms with Gasteiger partial charge in [0.15, 0.2) is 0 Å². The topological polar surface area (TPSA) is 35.6 Å². The second-order valence-corrected chi connectivity index (χ2v) is 6.84. The molecular formula is C14H29N3OS. The lowest BCUT2D eigenvalue weighted by atomic mass is 10.2. The third kappa shape index (κ3) is 6.15. The lowest BCUT2D eigenvalue weighted by Gasteiger charge is -2.31. The normalized spacial score (nSPS) is 18.6. The van der Waals surface area contributed by atoms with Crippen LogP contribution in [-0.4, -0.2) is 73.0 Å². The van der Waals surface area contributed by atoms with E-state index in [2.05, 4.69) is 38.2 Å². The molecular weight excluding hydrogens is 258 g/mol. The number of hydrogen-bond acceptors (Lipinski definition) is 4. The molecule has 1 fully saturated rings. The van der Waals surface area contributed by atoms with Crippen LogP contribution in [0.3, 0.4) is 0 Å². The molecule has 112 valence electrons. The first kappa shape index (κ1) is 16.8. The van der Waals surface area contributed by atoms with Crippen LogP contribution in [0.5, 0.6) is 0 Å². The lowest BCUT2D eigenvalue weighted by Crippen LogP contribution is -2.44. The van der Waals surface area contributed by atoms with Crippen molar-refractivity contribution in [1.29, 1.82) is 0 Å². The van der Waals surface area contributed by atoms with Crippen LogP contribution in [0.15, 0.2) is 0 Å². The predicted molar refractivity (Wildman–Crippen MR) is 83.8 cm³/mol. The van der Waals surface area contributed by atoms with Crippen LogP contribution in [0, 0.1) is 0 Å². The maximum atomic E-state index is 12.3. The second-order valence-electron chi connectivity index (χ2n) is 5.55. The lowest BCUT2D eigenvalue weighted by molar-refractivity contribution is -0.130. The van der Waals surface area contributed by atoms with Crippen molar-refractivity contribution in [3.63, 3.8) is 0 Å². The monoisotopic (exact) mass is 287 g/mol. The predicted octanol–water partition coefficient (Wildman–Crippen LogP) is 1.27. The molecule has 1 amide bonds. The van der Waals surface area contributed by atoms with E-state index in [1.807, 2.05) is 16.7 Å². The van der Waals surface area contributed by atoms with Gasteiger partial charge in [-0.1, -0.05) is 0 Å². The minimum absolute atomic E-state index is 0.292. The Morgan fingerprint density at radius 1 is 1.37 bits per heavy atom. The van der Waals surface area contributed by atoms with E-state index in [4.69, 9.17) is 0 Å². The van der Waals surface area contributed by atoms with E-state index in [0.717, 1.165) is 26.2 Å². The summed E-state index contributed by atoms with van der Waals surface area (Å²) in [6.45, 7) is 8.13. The largest absolute Gasteiger partial charge is 0.338 e. The van der Waals surface area contributed by atoms with Gasteiger partial charge in [0.1, 0.15) is 0 Å². The highest BCUT2D eigenvalue weighted by atomic mass is 32.2. The van der Waals surface area contributed by atoms with Crippen LogP contribution in [0.1, 0.15) is 26.7 Å². The number of rotatable bonds is 7. The van der Waals surface area contributed by atoms with Gasteiger partial charge in [-0.3, -0.25) is 4.79 Å². The molecule has 0 aromatic heterocycles. The zero-order valence-electron chi connectivity index (χ0n) is 12.8. The Labute approximate surface area is 122 Å². The second kappa shape index (κ2) is 8.82. The van der Waals surface area contributed by atoms with Gasteiger partial charge < -0.3 is 15.1 Å². The number of nitrogens with one attached hydrogen (secondary N) is 1. The molecule has 0 aromatic carbocycles. The molecule has 4 nitrogen and oxygen atoms in total. The van der Waals surface area contributed by atoms with Gasteiger partial charge in [0.2, 0.25) is 5.91 Å². The summed E-state index contributed by atoms with van der Waals surface area (Å²) in [4.78, 5) is 16.5. The van der Waals surface area contributed by atoms with E-state index in [1.165, 1.54) is 12.8 Å². The van der Waals surface area contributed by atoms with E-state index >= 15 is 0 Å². The van der Waals surface area contributed by atoms with Crippen LogP contribution < -0.4 is 5.32 Å². The third-order valence-electron chi connectivity index (χ3n) is 3.55. The summed E-state index contributed by atoms with van der Waals surface area (Å²) in [6.07, 6.45) is 2.38. The fraction of sp³-hybridized carbons (Fsp3) is 0.929. The zero-order valence-corrected chi connectivity index (χ0v) is 13.6. The van der Waals surface area contributed by atoms with Gasteiger partial charge in [0, 0.05) is 24.4 Å². The smallest absolute Gasteiger partial charge is 0.232 e. The Morgan fingerprint density at radius 3 is 2.53 bits per heavy atom. The third-order valence-corrected chi connectivity index (χ3v) is 4.91. The molecule has 1 aliphatic heterocycles. The van der Waals surface area contributed by atoms with Crippen LogP contribution >= 0.6 is 11.8 Å². The average Bonchev–Trinajstić information content (AvgIpc) is 2.37. The van der Waals surface area contributed by atoms with Crippen molar-refractivity contribution in [3.05, 3.63) is 0 Å². The molecule has 0 bridgehead atoms. The van der Waals surface area contributed by atoms with Crippen molar-refractivity contribution in [1.82, 2.24) is 15.1 Å². The van der Waals surface area contributed by atoms with Crippen molar-refractivity contribution < 1.29 is 4.79 Å². The number of amides is 1. The highest BCUT2D eigenvalue weighted by Gasteiger charge is 2.21. The summed E-state index contributed by atoms with van der Waals surface area (Å²) in [7, 11) is 4.11. The molecule has 1 atom stereocenters. The summed E-state index contributed by atoms with van der Waals surface area (Å²) in [5, 5.41) is 4.02. The Kier molecular flexibility index (Phi) is 7.80. The van der Waals surface area contributed by atoms with Crippen LogP contribution in [-0.2, 0) is 4.79 Å². The van der Waals surface area contributed by atoms with Gasteiger partial charge in [-0.2, -0.15) is 0 Å². The SMILES string of the molecule is CCN(C(=O)CSC1CCNCC1)C(C)CN(C)C. The first-order chi connectivity index (χ1) is 9.04. The van der Waals surface area contributed by atoms with Crippen LogP contribution in [0.2, 0.25) is 0 Å². The number of nitrogens with zero attached hydrogens (tertiary/aromatic N) is 2. The number of carbonyl (C=O) groups is 1. The fourth-order valence-electron chi connectivity index (χ4n) is 2.59. The number of hydrogen-bond donors (Lipinski definition) is 1. The Hall–Kier alpha value is -0.260. The van der Waals surface area contributed by atoms with Crippen molar-refractivity contribution in [2.45, 2.75) is 38.0 Å². The van der Waals surface area contributed by atoms with E-state index in [1.54, 1.807) is 0 Å². The standard InChI is InChI=1S/C14H29N3OS/c1-5-17(12(2)10-16(3)4)14(18)11-19-13-6-8-15-9-7-13/h12-13,15H,5-11H2,1-4H3. The number of thioether (sulfide) groups is 1. The molecule has 5 heteroatoms. The molecule has 1 N–H and O–H groups in total. The molecule has 19 heavy (non-hydrogen) atoms. The van der Waals surface area contributed by atoms with Gasteiger partial charge in [-0.25, -0.2) is 0 Å². The Morgan fingerprint density at radius 2 is 2.00 bits per heavy atom. The maximum absolute atomic E-state index is 12.3. The van der Waals surface area contributed by atoms with Crippen LogP contribution in [0.4, 0.5) is 0 Å². The molecule has 1 aliphatic rings. The summed E-state index contributed by atoms with van der Waals surface area (Å²) in [5.74, 6) is 0.927. The zero-order chi connectivity index (χ0) is 14.3. The molecule has 0 radical (unpaired) electrons. The van der Waals surface area contributed by atoms with Gasteiger partial charge in [0.05, 0.1) is 5.75 Å². The van der Waals surface area contributed by atoms with Gasteiger partial charge in [0.25, 0.3) is 0 Å². The van der Waals surface area contributed by atoms with Crippen molar-refractivity contribution in [2.24, 2.45) is 0 Å². The highest BCUT2D eigenvalue weighted by molar-refractivity contribution is 8.00. The van der Waals surface area contributed by atoms with Crippen molar-refractivity contribution in [2.75, 3.05) is 46.0 Å². The van der Waals surface area contributed by atoms with E-state index < -0.39 is 0 Å². The Balaban J connectivity index is 2.35. The molecule has 0 spiro atoms. The molecule has 1 rings (SSSR count). The van der Waals surface area contributed by atoms with Crippen LogP contribution in [0.25, 0.3) is 0 Å². The molecule has 0 aliphatic carbocycles. The average molecular weight is 287 g/mol. The molecule has 1 unspecified atom stereocenters. The molecule has 0 saturated carbocycles. The number of piperidine rings is 1. The van der Waals surface area contributed by atoms with Gasteiger partial charge in [-0.05, 0) is 53.9 Å². The van der Waals surface area contributed by atoms with E-state index in [-0.39, 0.29) is 0 Å². The van der Waals surface area contributed by atoms with Gasteiger partial charge in [-0.15, -0.1) is 11.8 Å². The van der Waals surface area contributed by atoms with E-state index in [9.17, 15) is 4.79 Å². The summed E-state index contributed by atoms with van der Waals surface area (Å²) >= 11 is 1.84. The highest BCUT2D eigenvalue weighted by Crippen LogP contribution is 2.20. The first-order valence-electron chi connectivity index (χ1n) is 7.31. The minimum Gasteiger partial charge on any atom is -0.338 e. The Bertz CT molecular complexity index is 267. The maximum Gasteiger partial charge on any atom is 0.232 e. The summed E-state index contributed by atoms with van der Waals surface area (Å²) < 4.78 is 0. The molecule has 1 heterocycles. The van der Waals surface area contributed by atoms with Crippen molar-refractivity contribution in [3.8, 4) is 0 Å². The quantitative estimate of drug-likeness (QED) is 0.765. The van der Waals surface area contributed by atoms with Crippen molar-refractivity contribution >= 4 is 17.7 Å².